The molecule has 0 aliphatic heterocycles. The van der Waals surface area contributed by atoms with Crippen LogP contribution in [0.5, 0.6) is 5.75 Å². The van der Waals surface area contributed by atoms with Gasteiger partial charge >= 0.3 is 0 Å². The predicted octanol–water partition coefficient (Wildman–Crippen LogP) is 4.04. The van der Waals surface area contributed by atoms with Gasteiger partial charge in [0.2, 0.25) is 0 Å². The highest BCUT2D eigenvalue weighted by atomic mass is 35.5. The van der Waals surface area contributed by atoms with Crippen molar-refractivity contribution in [2.75, 3.05) is 13.2 Å². The average molecular weight is 294 g/mol. The zero-order chi connectivity index (χ0) is 14.2. The van der Waals surface area contributed by atoms with Crippen LogP contribution in [0.15, 0.2) is 48.5 Å². The summed E-state index contributed by atoms with van der Waals surface area (Å²) in [5, 5.41) is 3.66. The summed E-state index contributed by atoms with van der Waals surface area (Å²) in [5.74, 6) is 0.575. The fourth-order valence-electron chi connectivity index (χ4n) is 1.85. The Kier molecular flexibility index (Phi) is 5.84. The number of halogens is 2. The van der Waals surface area contributed by atoms with Gasteiger partial charge in [-0.2, -0.15) is 0 Å². The molecule has 2 aromatic rings. The molecule has 0 radical (unpaired) electrons. The normalized spacial score (nSPS) is 10.5. The molecule has 1 N–H and O–H groups in total. The van der Waals surface area contributed by atoms with Crippen molar-refractivity contribution >= 4 is 11.6 Å². The molecule has 0 heterocycles. The summed E-state index contributed by atoms with van der Waals surface area (Å²) in [5.41, 5.74) is 0.846. The number of hydrogen-bond donors (Lipinski definition) is 1. The molecular weight excluding hydrogens is 277 g/mol. The van der Waals surface area contributed by atoms with Gasteiger partial charge in [0.15, 0.2) is 0 Å². The molecule has 0 atom stereocenters. The molecule has 4 heteroatoms. The van der Waals surface area contributed by atoms with E-state index in [-0.39, 0.29) is 5.82 Å². The fraction of sp³-hybridized carbons (Fsp3) is 0.250. The maximum absolute atomic E-state index is 13.1. The molecule has 2 nitrogen and oxygen atoms in total. The molecule has 0 bridgehead atoms. The van der Waals surface area contributed by atoms with Crippen LogP contribution >= 0.6 is 11.6 Å². The van der Waals surface area contributed by atoms with Crippen LogP contribution < -0.4 is 10.1 Å². The summed E-state index contributed by atoms with van der Waals surface area (Å²) in [4.78, 5) is 0. The number of nitrogens with one attached hydrogen (secondary N) is 1. The van der Waals surface area contributed by atoms with E-state index in [0.717, 1.165) is 24.3 Å². The van der Waals surface area contributed by atoms with Crippen LogP contribution in [-0.2, 0) is 6.54 Å². The molecule has 20 heavy (non-hydrogen) atoms. The van der Waals surface area contributed by atoms with Crippen LogP contribution in [-0.4, -0.2) is 13.2 Å². The van der Waals surface area contributed by atoms with Crippen LogP contribution in [0, 0.1) is 5.82 Å². The minimum atomic E-state index is -0.304. The van der Waals surface area contributed by atoms with Gasteiger partial charge in [-0.15, -0.1) is 0 Å². The van der Waals surface area contributed by atoms with Crippen LogP contribution in [0.4, 0.5) is 4.39 Å². The lowest BCUT2D eigenvalue weighted by molar-refractivity contribution is 0.308. The minimum absolute atomic E-state index is 0.304. The highest BCUT2D eigenvalue weighted by Crippen LogP contribution is 2.13. The molecule has 0 aliphatic carbocycles. The first-order valence-corrected chi connectivity index (χ1v) is 6.95. The third kappa shape index (κ3) is 5.19. The number of benzene rings is 2. The second-order valence-electron chi connectivity index (χ2n) is 4.47. The molecule has 0 amide bonds. The highest BCUT2D eigenvalue weighted by molar-refractivity contribution is 6.30. The van der Waals surface area contributed by atoms with E-state index in [9.17, 15) is 4.39 Å². The molecule has 0 saturated carbocycles. The molecule has 2 aromatic carbocycles. The number of rotatable bonds is 7. The summed E-state index contributed by atoms with van der Waals surface area (Å²) in [6.07, 6.45) is 0.887. The number of hydrogen-bond acceptors (Lipinski definition) is 2. The van der Waals surface area contributed by atoms with Gasteiger partial charge in [0.05, 0.1) is 6.61 Å². The van der Waals surface area contributed by atoms with E-state index in [1.54, 1.807) is 6.07 Å². The molecule has 0 fully saturated rings. The first-order chi connectivity index (χ1) is 9.74. The molecule has 0 saturated heterocycles. The predicted molar refractivity (Wildman–Crippen MR) is 79.7 cm³/mol. The SMILES string of the molecule is Fc1cc(Cl)cc(CNCCCOc2ccccc2)c1. The Hall–Kier alpha value is -1.58. The molecular formula is C16H17ClFNO. The molecule has 0 unspecified atom stereocenters. The summed E-state index contributed by atoms with van der Waals surface area (Å²) < 4.78 is 18.7. The van der Waals surface area contributed by atoms with E-state index in [1.165, 1.54) is 12.1 Å². The van der Waals surface area contributed by atoms with Gasteiger partial charge in [0, 0.05) is 11.6 Å². The van der Waals surface area contributed by atoms with Crippen molar-refractivity contribution in [1.82, 2.24) is 5.32 Å². The molecule has 0 spiro atoms. The number of ether oxygens (including phenoxy) is 1. The zero-order valence-corrected chi connectivity index (χ0v) is 11.9. The van der Waals surface area contributed by atoms with E-state index >= 15 is 0 Å². The van der Waals surface area contributed by atoms with Gasteiger partial charge < -0.3 is 10.1 Å². The molecule has 0 aromatic heterocycles. The topological polar surface area (TPSA) is 21.3 Å². The lowest BCUT2D eigenvalue weighted by atomic mass is 10.2. The molecule has 106 valence electrons. The summed E-state index contributed by atoms with van der Waals surface area (Å²) >= 11 is 5.79. The Balaban J connectivity index is 1.62. The van der Waals surface area contributed by atoms with E-state index in [0.29, 0.717) is 18.2 Å². The Labute approximate surface area is 123 Å². The second-order valence-corrected chi connectivity index (χ2v) is 4.91. The van der Waals surface area contributed by atoms with Crippen molar-refractivity contribution in [1.29, 1.82) is 0 Å². The third-order valence-electron chi connectivity index (χ3n) is 2.76. The van der Waals surface area contributed by atoms with E-state index in [4.69, 9.17) is 16.3 Å². The van der Waals surface area contributed by atoms with E-state index < -0.39 is 0 Å². The van der Waals surface area contributed by atoms with Gasteiger partial charge in [0.25, 0.3) is 0 Å². The summed E-state index contributed by atoms with van der Waals surface area (Å²) in [6.45, 7) is 2.06. The van der Waals surface area contributed by atoms with Crippen LogP contribution in [0.1, 0.15) is 12.0 Å². The summed E-state index contributed by atoms with van der Waals surface area (Å²) in [6, 6.07) is 14.3. The standard InChI is InChI=1S/C16H17ClFNO/c17-14-9-13(10-15(18)11-14)12-19-7-4-8-20-16-5-2-1-3-6-16/h1-3,5-6,9-11,19H,4,7-8,12H2. The smallest absolute Gasteiger partial charge is 0.125 e. The Morgan fingerprint density at radius 3 is 2.65 bits per heavy atom. The molecule has 2 rings (SSSR count). The molecule has 0 aliphatic rings. The lowest BCUT2D eigenvalue weighted by Crippen LogP contribution is -2.17. The van der Waals surface area contributed by atoms with Crippen LogP contribution in [0.3, 0.4) is 0 Å². The van der Waals surface area contributed by atoms with Crippen molar-refractivity contribution < 1.29 is 9.13 Å². The largest absolute Gasteiger partial charge is 0.494 e. The van der Waals surface area contributed by atoms with Crippen LogP contribution in [0.2, 0.25) is 5.02 Å². The van der Waals surface area contributed by atoms with E-state index in [2.05, 4.69) is 5.32 Å². The quantitative estimate of drug-likeness (QED) is 0.778. The Bertz CT molecular complexity index is 513. The fourth-order valence-corrected chi connectivity index (χ4v) is 2.09. The van der Waals surface area contributed by atoms with Gasteiger partial charge in [-0.3, -0.25) is 0 Å². The maximum Gasteiger partial charge on any atom is 0.125 e. The van der Waals surface area contributed by atoms with Crippen molar-refractivity contribution in [3.05, 3.63) is 64.9 Å². The monoisotopic (exact) mass is 293 g/mol. The van der Waals surface area contributed by atoms with Gasteiger partial charge in [-0.05, 0) is 48.9 Å². The van der Waals surface area contributed by atoms with Gasteiger partial charge in [-0.25, -0.2) is 4.39 Å². The van der Waals surface area contributed by atoms with Crippen molar-refractivity contribution in [2.24, 2.45) is 0 Å². The highest BCUT2D eigenvalue weighted by Gasteiger charge is 1.99. The van der Waals surface area contributed by atoms with Crippen molar-refractivity contribution in [3.8, 4) is 5.75 Å². The van der Waals surface area contributed by atoms with Crippen molar-refractivity contribution in [3.63, 3.8) is 0 Å². The zero-order valence-electron chi connectivity index (χ0n) is 11.1. The first kappa shape index (κ1) is 14.8. The van der Waals surface area contributed by atoms with Gasteiger partial charge in [-0.1, -0.05) is 29.8 Å². The van der Waals surface area contributed by atoms with Crippen LogP contribution in [0.25, 0.3) is 0 Å². The summed E-state index contributed by atoms with van der Waals surface area (Å²) in [7, 11) is 0. The average Bonchev–Trinajstić information content (AvgIpc) is 2.43. The third-order valence-corrected chi connectivity index (χ3v) is 2.98. The lowest BCUT2D eigenvalue weighted by Gasteiger charge is -2.07. The van der Waals surface area contributed by atoms with Gasteiger partial charge in [0.1, 0.15) is 11.6 Å². The number of para-hydroxylation sites is 1. The van der Waals surface area contributed by atoms with Crippen molar-refractivity contribution in [2.45, 2.75) is 13.0 Å². The Morgan fingerprint density at radius 2 is 1.90 bits per heavy atom. The minimum Gasteiger partial charge on any atom is -0.494 e. The second kappa shape index (κ2) is 7.88. The first-order valence-electron chi connectivity index (χ1n) is 6.57. The van der Waals surface area contributed by atoms with E-state index in [1.807, 2.05) is 30.3 Å². The maximum atomic E-state index is 13.1. The Morgan fingerprint density at radius 1 is 1.10 bits per heavy atom.